The average molecular weight is 501 g/mol. The summed E-state index contributed by atoms with van der Waals surface area (Å²) in [6.45, 7) is 7.25. The fourth-order valence-corrected chi connectivity index (χ4v) is 4.75. The van der Waals surface area contributed by atoms with E-state index in [0.29, 0.717) is 17.4 Å². The van der Waals surface area contributed by atoms with Crippen LogP contribution in [0.4, 0.5) is 21.7 Å². The van der Waals surface area contributed by atoms with Crippen LogP contribution in [0.3, 0.4) is 0 Å². The molecule has 0 bridgehead atoms. The Kier molecular flexibility index (Phi) is 5.94. The van der Waals surface area contributed by atoms with E-state index in [0.717, 1.165) is 61.4 Å². The van der Waals surface area contributed by atoms with Crippen molar-refractivity contribution in [2.45, 2.75) is 32.7 Å². The molecule has 37 heavy (non-hydrogen) atoms. The summed E-state index contributed by atoms with van der Waals surface area (Å²) < 4.78 is 16.6. The minimum atomic E-state index is -0.517. The number of nitrogens with one attached hydrogen (secondary N) is 1. The molecule has 1 N–H and O–H groups in total. The largest absolute Gasteiger partial charge is 0.368 e. The monoisotopic (exact) mass is 500 g/mol. The van der Waals surface area contributed by atoms with Gasteiger partial charge < -0.3 is 15.1 Å². The van der Waals surface area contributed by atoms with E-state index in [1.807, 2.05) is 53.8 Å². The number of nitrogens with zero attached hydrogens (tertiary/aromatic N) is 7. The first-order chi connectivity index (χ1) is 18.0. The first kappa shape index (κ1) is 23.3. The van der Waals surface area contributed by atoms with E-state index < -0.39 is 5.82 Å². The quantitative estimate of drug-likeness (QED) is 0.419. The Morgan fingerprint density at radius 3 is 2.49 bits per heavy atom. The van der Waals surface area contributed by atoms with E-state index in [9.17, 15) is 9.18 Å². The number of pyridine rings is 1. The second-order valence-electron chi connectivity index (χ2n) is 9.96. The van der Waals surface area contributed by atoms with Crippen molar-refractivity contribution in [2.75, 3.05) is 36.4 Å². The predicted molar refractivity (Wildman–Crippen MR) is 140 cm³/mol. The maximum atomic E-state index is 14.7. The van der Waals surface area contributed by atoms with E-state index >= 15 is 0 Å². The molecular formula is C27H29FN8O. The molecule has 9 nitrogen and oxygen atoms in total. The molecule has 2 fully saturated rings. The number of anilines is 3. The number of benzene rings is 1. The number of fused-ring (bicyclic) bond motifs is 1. The minimum Gasteiger partial charge on any atom is -0.368 e. The number of halogens is 1. The van der Waals surface area contributed by atoms with Gasteiger partial charge in [0.05, 0.1) is 17.9 Å². The maximum absolute atomic E-state index is 14.7. The molecule has 1 amide bonds. The number of carbonyl (C=O) groups is 1. The zero-order valence-electron chi connectivity index (χ0n) is 20.9. The third-order valence-corrected chi connectivity index (χ3v) is 6.96. The Balaban J connectivity index is 1.16. The lowest BCUT2D eigenvalue weighted by Gasteiger charge is -2.36. The fourth-order valence-electron chi connectivity index (χ4n) is 4.75. The molecule has 1 aliphatic heterocycles. The van der Waals surface area contributed by atoms with Gasteiger partial charge in [-0.15, -0.1) is 0 Å². The molecule has 0 unspecified atom stereocenters. The molecule has 4 heterocycles. The molecule has 0 radical (unpaired) electrons. The summed E-state index contributed by atoms with van der Waals surface area (Å²) in [7, 11) is 0. The number of rotatable bonds is 6. The molecule has 190 valence electrons. The van der Waals surface area contributed by atoms with Gasteiger partial charge in [0.1, 0.15) is 11.2 Å². The summed E-state index contributed by atoms with van der Waals surface area (Å²) >= 11 is 0. The molecular weight excluding hydrogens is 471 g/mol. The first-order valence-electron chi connectivity index (χ1n) is 12.7. The van der Waals surface area contributed by atoms with Gasteiger partial charge in [-0.05, 0) is 57.0 Å². The third kappa shape index (κ3) is 4.71. The van der Waals surface area contributed by atoms with Gasteiger partial charge in [-0.3, -0.25) is 14.5 Å². The van der Waals surface area contributed by atoms with Crippen molar-refractivity contribution >= 4 is 34.3 Å². The molecule has 1 aromatic carbocycles. The van der Waals surface area contributed by atoms with E-state index in [2.05, 4.69) is 30.3 Å². The van der Waals surface area contributed by atoms with Crippen molar-refractivity contribution in [3.63, 3.8) is 0 Å². The van der Waals surface area contributed by atoms with E-state index in [1.165, 1.54) is 6.20 Å². The van der Waals surface area contributed by atoms with Crippen molar-refractivity contribution in [1.29, 1.82) is 0 Å². The van der Waals surface area contributed by atoms with Crippen LogP contribution in [0.1, 0.15) is 32.7 Å². The van der Waals surface area contributed by atoms with Gasteiger partial charge in [0.15, 0.2) is 5.82 Å². The summed E-state index contributed by atoms with van der Waals surface area (Å²) in [5.74, 6) is 0.374. The summed E-state index contributed by atoms with van der Waals surface area (Å²) in [6, 6.07) is 10.00. The standard InChI is InChI=1S/C27H29FN8O/c1-17(2)36-24-13-19(14-29-23(24)16-31-36)25-22(28)15-30-27(33-25)32-20-5-7-21(8-6-20)34-9-11-35(12-10-34)26(37)18-3-4-18/h5-8,13-18H,3-4,9-12H2,1-2H3,(H,30,32,33). The number of piperazine rings is 1. The highest BCUT2D eigenvalue weighted by molar-refractivity contribution is 5.81. The van der Waals surface area contributed by atoms with Crippen LogP contribution >= 0.6 is 0 Å². The van der Waals surface area contributed by atoms with E-state index in [-0.39, 0.29) is 17.7 Å². The fraction of sp³-hybridized carbons (Fsp3) is 0.370. The Morgan fingerprint density at radius 1 is 1.03 bits per heavy atom. The lowest BCUT2D eigenvalue weighted by Crippen LogP contribution is -2.49. The van der Waals surface area contributed by atoms with Crippen molar-refractivity contribution in [2.24, 2.45) is 5.92 Å². The number of hydrogen-bond acceptors (Lipinski definition) is 7. The number of hydrogen-bond donors (Lipinski definition) is 1. The van der Waals surface area contributed by atoms with Crippen LogP contribution in [0.5, 0.6) is 0 Å². The van der Waals surface area contributed by atoms with Crippen molar-refractivity contribution < 1.29 is 9.18 Å². The lowest BCUT2D eigenvalue weighted by atomic mass is 10.2. The third-order valence-electron chi connectivity index (χ3n) is 6.96. The molecule has 1 aliphatic carbocycles. The lowest BCUT2D eigenvalue weighted by molar-refractivity contribution is -0.132. The molecule has 10 heteroatoms. The summed E-state index contributed by atoms with van der Waals surface area (Å²) in [5, 5.41) is 7.56. The second kappa shape index (κ2) is 9.42. The maximum Gasteiger partial charge on any atom is 0.227 e. The number of carbonyl (C=O) groups excluding carboxylic acids is 1. The Hall–Kier alpha value is -4.08. The summed E-state index contributed by atoms with van der Waals surface area (Å²) in [6.07, 6.45) is 6.58. The second-order valence-corrected chi connectivity index (χ2v) is 9.96. The Bertz CT molecular complexity index is 1440. The zero-order chi connectivity index (χ0) is 25.5. The number of amides is 1. The van der Waals surface area contributed by atoms with Crippen LogP contribution in [0.2, 0.25) is 0 Å². The molecule has 2 aliphatic rings. The highest BCUT2D eigenvalue weighted by atomic mass is 19.1. The van der Waals surface area contributed by atoms with Gasteiger partial charge in [0.2, 0.25) is 11.9 Å². The Morgan fingerprint density at radius 2 is 1.78 bits per heavy atom. The SMILES string of the molecule is CC(C)n1ncc2ncc(-c3nc(Nc4ccc(N5CCN(C(=O)C6CC6)CC5)cc4)ncc3F)cc21. The highest BCUT2D eigenvalue weighted by Crippen LogP contribution is 2.32. The van der Waals surface area contributed by atoms with Gasteiger partial charge in [-0.25, -0.2) is 14.4 Å². The summed E-state index contributed by atoms with van der Waals surface area (Å²) in [4.78, 5) is 29.6. The average Bonchev–Trinajstić information content (AvgIpc) is 3.68. The van der Waals surface area contributed by atoms with Crippen molar-refractivity contribution in [1.82, 2.24) is 29.6 Å². The molecule has 4 aromatic rings. The minimum absolute atomic E-state index is 0.152. The van der Waals surface area contributed by atoms with Crippen molar-refractivity contribution in [3.8, 4) is 11.3 Å². The van der Waals surface area contributed by atoms with E-state index in [1.54, 1.807) is 12.4 Å². The van der Waals surface area contributed by atoms with Crippen LogP contribution in [0, 0.1) is 11.7 Å². The van der Waals surface area contributed by atoms with Gasteiger partial charge in [0, 0.05) is 61.3 Å². The molecule has 6 rings (SSSR count). The molecule has 3 aromatic heterocycles. The highest BCUT2D eigenvalue weighted by Gasteiger charge is 2.34. The van der Waals surface area contributed by atoms with Gasteiger partial charge >= 0.3 is 0 Å². The molecule has 0 spiro atoms. The van der Waals surface area contributed by atoms with Gasteiger partial charge in [0.25, 0.3) is 0 Å². The molecule has 1 saturated carbocycles. The first-order valence-corrected chi connectivity index (χ1v) is 12.7. The van der Waals surface area contributed by atoms with Crippen LogP contribution in [-0.4, -0.2) is 61.7 Å². The normalized spacial score (nSPS) is 16.0. The predicted octanol–water partition coefficient (Wildman–Crippen LogP) is 4.41. The topological polar surface area (TPSA) is 92.1 Å². The summed E-state index contributed by atoms with van der Waals surface area (Å²) in [5.41, 5.74) is 4.22. The van der Waals surface area contributed by atoms with Crippen molar-refractivity contribution in [3.05, 3.63) is 54.7 Å². The molecule has 1 saturated heterocycles. The van der Waals surface area contributed by atoms with Gasteiger partial charge in [-0.1, -0.05) is 0 Å². The smallest absolute Gasteiger partial charge is 0.227 e. The van der Waals surface area contributed by atoms with Crippen LogP contribution < -0.4 is 10.2 Å². The van der Waals surface area contributed by atoms with Crippen LogP contribution in [0.15, 0.2) is 48.9 Å². The number of aromatic nitrogens is 5. The van der Waals surface area contributed by atoms with E-state index in [4.69, 9.17) is 0 Å². The Labute approximate surface area is 214 Å². The zero-order valence-corrected chi connectivity index (χ0v) is 20.9. The van der Waals surface area contributed by atoms with Crippen LogP contribution in [-0.2, 0) is 4.79 Å². The van der Waals surface area contributed by atoms with Crippen LogP contribution in [0.25, 0.3) is 22.3 Å². The molecule has 0 atom stereocenters. The van der Waals surface area contributed by atoms with Gasteiger partial charge in [-0.2, -0.15) is 5.10 Å².